The minimum Gasteiger partial charge on any atom is -0.284 e. The van der Waals surface area contributed by atoms with Crippen LogP contribution in [0.4, 0.5) is 4.39 Å². The van der Waals surface area contributed by atoms with E-state index in [1.54, 1.807) is 0 Å². The number of benzene rings is 1. The molecule has 6 heteroatoms. The standard InChI is InChI=1S/C11H6ClFN2O2/c12-8-2-1-3-9(13)7(8)4-6-5-10(16)11(17)15-14-6/h1-3,5H,4H2. The summed E-state index contributed by atoms with van der Waals surface area (Å²) in [4.78, 5) is 21.8. The van der Waals surface area contributed by atoms with E-state index in [9.17, 15) is 14.0 Å². The zero-order valence-electron chi connectivity index (χ0n) is 8.48. The van der Waals surface area contributed by atoms with Crippen molar-refractivity contribution in [3.63, 3.8) is 0 Å². The van der Waals surface area contributed by atoms with Gasteiger partial charge in [-0.2, -0.15) is 5.11 Å². The highest BCUT2D eigenvalue weighted by Gasteiger charge is 2.18. The predicted octanol–water partition coefficient (Wildman–Crippen LogP) is 2.47. The van der Waals surface area contributed by atoms with Gasteiger partial charge in [0.25, 0.3) is 0 Å². The van der Waals surface area contributed by atoms with Crippen LogP contribution in [0.5, 0.6) is 0 Å². The Balaban J connectivity index is 2.29. The van der Waals surface area contributed by atoms with Crippen LogP contribution in [-0.2, 0) is 16.0 Å². The van der Waals surface area contributed by atoms with Gasteiger partial charge < -0.3 is 0 Å². The molecular formula is C11H6ClFN2O2. The van der Waals surface area contributed by atoms with Crippen LogP contribution >= 0.6 is 11.6 Å². The summed E-state index contributed by atoms with van der Waals surface area (Å²) >= 11 is 5.82. The normalized spacial score (nSPS) is 15.1. The fourth-order valence-electron chi connectivity index (χ4n) is 1.37. The molecular weight excluding hydrogens is 247 g/mol. The van der Waals surface area contributed by atoms with Crippen molar-refractivity contribution in [2.45, 2.75) is 6.42 Å². The zero-order chi connectivity index (χ0) is 12.4. The molecule has 0 spiro atoms. The molecule has 4 nitrogen and oxygen atoms in total. The van der Waals surface area contributed by atoms with Crippen molar-refractivity contribution < 1.29 is 14.0 Å². The van der Waals surface area contributed by atoms with Crippen molar-refractivity contribution in [3.8, 4) is 0 Å². The summed E-state index contributed by atoms with van der Waals surface area (Å²) in [6.07, 6.45) is 1.06. The lowest BCUT2D eigenvalue weighted by Gasteiger charge is -2.06. The van der Waals surface area contributed by atoms with Crippen molar-refractivity contribution in [1.29, 1.82) is 0 Å². The third-order valence-electron chi connectivity index (χ3n) is 2.20. The van der Waals surface area contributed by atoms with Gasteiger partial charge in [-0.15, -0.1) is 5.11 Å². The Morgan fingerprint density at radius 3 is 2.65 bits per heavy atom. The summed E-state index contributed by atoms with van der Waals surface area (Å²) in [6, 6.07) is 4.27. The van der Waals surface area contributed by atoms with E-state index in [0.717, 1.165) is 6.08 Å². The summed E-state index contributed by atoms with van der Waals surface area (Å²) in [5, 5.41) is 6.92. The van der Waals surface area contributed by atoms with Gasteiger partial charge in [0, 0.05) is 23.1 Å². The second-order valence-electron chi connectivity index (χ2n) is 3.38. The van der Waals surface area contributed by atoms with Gasteiger partial charge in [-0.1, -0.05) is 17.7 Å². The molecule has 1 aromatic carbocycles. The highest BCUT2D eigenvalue weighted by Crippen LogP contribution is 2.23. The second kappa shape index (κ2) is 4.55. The predicted molar refractivity (Wildman–Crippen MR) is 58.1 cm³/mol. The van der Waals surface area contributed by atoms with Gasteiger partial charge in [0.05, 0.1) is 5.70 Å². The number of amides is 1. The molecule has 0 saturated heterocycles. The highest BCUT2D eigenvalue weighted by atomic mass is 35.5. The molecule has 0 bridgehead atoms. The van der Waals surface area contributed by atoms with Gasteiger partial charge in [-0.25, -0.2) is 4.39 Å². The molecule has 1 heterocycles. The molecule has 0 saturated carbocycles. The fraction of sp³-hybridized carbons (Fsp3) is 0.0909. The highest BCUT2D eigenvalue weighted by molar-refractivity contribution is 6.41. The molecule has 0 aliphatic carbocycles. The number of nitrogens with zero attached hydrogens (tertiary/aromatic N) is 2. The lowest BCUT2D eigenvalue weighted by Crippen LogP contribution is -2.12. The molecule has 0 fully saturated rings. The first-order valence-corrected chi connectivity index (χ1v) is 5.09. The molecule has 1 aliphatic heterocycles. The number of carbonyl (C=O) groups is 2. The van der Waals surface area contributed by atoms with Gasteiger partial charge in [0.2, 0.25) is 5.78 Å². The molecule has 0 unspecified atom stereocenters. The van der Waals surface area contributed by atoms with Crippen LogP contribution < -0.4 is 0 Å². The topological polar surface area (TPSA) is 58.9 Å². The third kappa shape index (κ3) is 2.45. The maximum atomic E-state index is 13.4. The molecule has 86 valence electrons. The van der Waals surface area contributed by atoms with E-state index in [1.165, 1.54) is 18.2 Å². The first-order valence-electron chi connectivity index (χ1n) is 4.71. The molecule has 1 aliphatic rings. The average molecular weight is 253 g/mol. The van der Waals surface area contributed by atoms with Gasteiger partial charge in [0.15, 0.2) is 0 Å². The van der Waals surface area contributed by atoms with Crippen LogP contribution in [0, 0.1) is 5.82 Å². The van der Waals surface area contributed by atoms with Gasteiger partial charge >= 0.3 is 5.91 Å². The molecule has 1 aromatic rings. The lowest BCUT2D eigenvalue weighted by molar-refractivity contribution is -0.133. The molecule has 17 heavy (non-hydrogen) atoms. The van der Waals surface area contributed by atoms with Gasteiger partial charge in [0.1, 0.15) is 5.82 Å². The maximum absolute atomic E-state index is 13.4. The summed E-state index contributed by atoms with van der Waals surface area (Å²) in [5.41, 5.74) is 0.433. The van der Waals surface area contributed by atoms with Crippen molar-refractivity contribution in [3.05, 3.63) is 46.4 Å². The Hall–Kier alpha value is -1.88. The van der Waals surface area contributed by atoms with Gasteiger partial charge in [-0.05, 0) is 12.1 Å². The van der Waals surface area contributed by atoms with E-state index in [-0.39, 0.29) is 22.7 Å². The van der Waals surface area contributed by atoms with E-state index >= 15 is 0 Å². The molecule has 2 rings (SSSR count). The number of hydrogen-bond donors (Lipinski definition) is 0. The SMILES string of the molecule is O=C1C=C(Cc2c(F)cccc2Cl)N=NC1=O. The Morgan fingerprint density at radius 1 is 1.24 bits per heavy atom. The quantitative estimate of drug-likeness (QED) is 0.759. The maximum Gasteiger partial charge on any atom is 0.335 e. The fourth-order valence-corrected chi connectivity index (χ4v) is 1.60. The Kier molecular flexibility index (Phi) is 3.10. The third-order valence-corrected chi connectivity index (χ3v) is 2.55. The molecule has 1 amide bonds. The van der Waals surface area contributed by atoms with E-state index in [4.69, 9.17) is 11.6 Å². The van der Waals surface area contributed by atoms with Crippen molar-refractivity contribution in [1.82, 2.24) is 0 Å². The summed E-state index contributed by atoms with van der Waals surface area (Å²) in [5.74, 6) is -2.17. The van der Waals surface area contributed by atoms with E-state index in [1.807, 2.05) is 0 Å². The first-order chi connectivity index (χ1) is 8.08. The first kappa shape index (κ1) is 11.6. The number of hydrogen-bond acceptors (Lipinski definition) is 3. The molecule has 0 atom stereocenters. The van der Waals surface area contributed by atoms with Crippen molar-refractivity contribution in [2.75, 3.05) is 0 Å². The molecule has 0 aromatic heterocycles. The number of azo groups is 1. The smallest absolute Gasteiger partial charge is 0.284 e. The molecule has 0 N–H and O–H groups in total. The number of allylic oxidation sites excluding steroid dienone is 1. The Morgan fingerprint density at radius 2 is 2.00 bits per heavy atom. The van der Waals surface area contributed by atoms with Crippen LogP contribution in [0.3, 0.4) is 0 Å². The van der Waals surface area contributed by atoms with E-state index in [0.29, 0.717) is 0 Å². The van der Waals surface area contributed by atoms with Crippen molar-refractivity contribution in [2.24, 2.45) is 10.2 Å². The van der Waals surface area contributed by atoms with E-state index in [2.05, 4.69) is 10.2 Å². The van der Waals surface area contributed by atoms with Crippen LogP contribution in [0.15, 0.2) is 40.2 Å². The number of halogens is 2. The molecule has 0 radical (unpaired) electrons. The monoisotopic (exact) mass is 252 g/mol. The van der Waals surface area contributed by atoms with Crippen molar-refractivity contribution >= 4 is 23.3 Å². The average Bonchev–Trinajstić information content (AvgIpc) is 2.28. The van der Waals surface area contributed by atoms with Crippen LogP contribution in [0.25, 0.3) is 0 Å². The zero-order valence-corrected chi connectivity index (χ0v) is 9.24. The minimum atomic E-state index is -0.923. The number of rotatable bonds is 2. The Bertz CT molecular complexity index is 546. The summed E-state index contributed by atoms with van der Waals surface area (Å²) < 4.78 is 13.4. The van der Waals surface area contributed by atoms with E-state index < -0.39 is 17.5 Å². The second-order valence-corrected chi connectivity index (χ2v) is 3.79. The Labute approximate surface area is 101 Å². The lowest BCUT2D eigenvalue weighted by atomic mass is 10.1. The van der Waals surface area contributed by atoms with Gasteiger partial charge in [-0.3, -0.25) is 9.59 Å². The van der Waals surface area contributed by atoms with Crippen LogP contribution in [-0.4, -0.2) is 11.7 Å². The van der Waals surface area contributed by atoms with Crippen LogP contribution in [0.2, 0.25) is 5.02 Å². The number of ketones is 1. The number of carbonyl (C=O) groups excluding carboxylic acids is 2. The largest absolute Gasteiger partial charge is 0.335 e. The summed E-state index contributed by atoms with van der Waals surface area (Å²) in [6.45, 7) is 0. The summed E-state index contributed by atoms with van der Waals surface area (Å²) in [7, 11) is 0. The van der Waals surface area contributed by atoms with Crippen LogP contribution in [0.1, 0.15) is 5.56 Å². The minimum absolute atomic E-state index is 0.0219.